The highest BCUT2D eigenvalue weighted by atomic mass is 16.5. The number of hydrogen-bond donors (Lipinski definition) is 4. The highest BCUT2D eigenvalue weighted by molar-refractivity contribution is 6.10. The maximum atomic E-state index is 14.6. The van der Waals surface area contributed by atoms with Crippen LogP contribution in [0.2, 0.25) is 0 Å². The van der Waals surface area contributed by atoms with Crippen molar-refractivity contribution >= 4 is 5.78 Å². The van der Waals surface area contributed by atoms with Crippen molar-refractivity contribution in [2.24, 2.45) is 33.5 Å². The maximum Gasteiger partial charge on any atom is 0.189 e. The zero-order valence-electron chi connectivity index (χ0n) is 26.5. The molecular formula is C37H51NO6. The van der Waals surface area contributed by atoms with Gasteiger partial charge in [-0.1, -0.05) is 62.4 Å². The fourth-order valence-corrected chi connectivity index (χ4v) is 11.3. The molecule has 7 aliphatic rings. The number of hydrogen-bond acceptors (Lipinski definition) is 7. The smallest absolute Gasteiger partial charge is 0.189 e. The van der Waals surface area contributed by atoms with Crippen LogP contribution in [-0.4, -0.2) is 87.9 Å². The Labute approximate surface area is 262 Å². The minimum atomic E-state index is -1.02. The van der Waals surface area contributed by atoms with Gasteiger partial charge in [0.15, 0.2) is 5.78 Å². The molecular weight excluding hydrogens is 554 g/mol. The summed E-state index contributed by atoms with van der Waals surface area (Å²) in [5, 5.41) is 43.8. The lowest BCUT2D eigenvalue weighted by Gasteiger charge is -2.71. The van der Waals surface area contributed by atoms with Crippen LogP contribution in [0.15, 0.2) is 54.1 Å². The normalized spacial score (nSPS) is 44.7. The highest BCUT2D eigenvalue weighted by Gasteiger charge is 2.74. The number of aliphatic hydroxyl groups excluding tert-OH is 3. The van der Waals surface area contributed by atoms with Gasteiger partial charge in [0.05, 0.1) is 30.5 Å². The van der Waals surface area contributed by atoms with Crippen LogP contribution in [0.5, 0.6) is 0 Å². The van der Waals surface area contributed by atoms with Gasteiger partial charge in [-0.2, -0.15) is 0 Å². The monoisotopic (exact) mass is 605 g/mol. The lowest BCUT2D eigenvalue weighted by atomic mass is 9.32. The summed E-state index contributed by atoms with van der Waals surface area (Å²) in [6, 6.07) is 9.62. The Morgan fingerprint density at radius 2 is 1.75 bits per heavy atom. The molecule has 1 saturated heterocycles. The van der Waals surface area contributed by atoms with E-state index in [1.807, 2.05) is 30.3 Å². The van der Waals surface area contributed by atoms with Gasteiger partial charge in [0.2, 0.25) is 0 Å². The van der Waals surface area contributed by atoms with Gasteiger partial charge in [0, 0.05) is 53.6 Å². The van der Waals surface area contributed by atoms with E-state index in [2.05, 4.69) is 37.0 Å². The first-order valence-corrected chi connectivity index (χ1v) is 17.1. The summed E-state index contributed by atoms with van der Waals surface area (Å²) >= 11 is 0. The Hall–Kier alpha value is -1.87. The molecule has 3 saturated carbocycles. The molecule has 1 aliphatic heterocycles. The Morgan fingerprint density at radius 1 is 1.02 bits per heavy atom. The van der Waals surface area contributed by atoms with E-state index in [9.17, 15) is 25.2 Å². The van der Waals surface area contributed by atoms with E-state index in [1.165, 1.54) is 0 Å². The molecule has 10 atom stereocenters. The van der Waals surface area contributed by atoms with Gasteiger partial charge in [0.25, 0.3) is 0 Å². The lowest BCUT2D eigenvalue weighted by Crippen LogP contribution is -2.67. The molecule has 7 heteroatoms. The number of nitrogens with zero attached hydrogens (tertiary/aromatic N) is 1. The van der Waals surface area contributed by atoms with E-state index < -0.39 is 22.5 Å². The average molecular weight is 606 g/mol. The molecule has 4 N–H and O–H groups in total. The van der Waals surface area contributed by atoms with Crippen LogP contribution in [0, 0.1) is 33.5 Å². The summed E-state index contributed by atoms with van der Waals surface area (Å²) in [5.74, 6) is 0.398. The SMILES string of the molecule is CC12CCC(O)CC13C=CC1(C(C(=O)c4ccccc4)=C3)C2CCC2(C)C1CCC2(O)CN(CC(O)CO)CC1CCCO1. The Morgan fingerprint density at radius 3 is 2.48 bits per heavy atom. The molecule has 1 aromatic rings. The summed E-state index contributed by atoms with van der Waals surface area (Å²) in [6.45, 7) is 6.39. The molecule has 0 radical (unpaired) electrons. The van der Waals surface area contributed by atoms with Crippen molar-refractivity contribution in [2.45, 2.75) is 95.5 Å². The number of Topliss-reactive ketones (excluding diaryl/α,β-unsaturated/α-hetero) is 1. The van der Waals surface area contributed by atoms with Crippen molar-refractivity contribution in [1.29, 1.82) is 0 Å². The predicted molar refractivity (Wildman–Crippen MR) is 168 cm³/mol. The minimum Gasteiger partial charge on any atom is -0.394 e. The molecule has 10 unspecified atom stereocenters. The molecule has 2 bridgehead atoms. The number of allylic oxidation sites excluding steroid dienone is 4. The number of aliphatic hydroxyl groups is 4. The second-order valence-electron chi connectivity index (χ2n) is 15.7. The summed E-state index contributed by atoms with van der Waals surface area (Å²) < 4.78 is 5.95. The molecule has 7 nitrogen and oxygen atoms in total. The molecule has 1 aromatic carbocycles. The Bertz CT molecular complexity index is 1320. The molecule has 0 amide bonds. The first-order valence-electron chi connectivity index (χ1n) is 17.1. The maximum absolute atomic E-state index is 14.6. The topological polar surface area (TPSA) is 110 Å². The molecule has 0 aromatic heterocycles. The van der Waals surface area contributed by atoms with E-state index in [0.717, 1.165) is 57.1 Å². The molecule has 2 spiro atoms. The zero-order valence-corrected chi connectivity index (χ0v) is 26.5. The van der Waals surface area contributed by atoms with Crippen molar-refractivity contribution in [3.8, 4) is 0 Å². The number of ether oxygens (including phenoxy) is 1. The third-order valence-electron chi connectivity index (χ3n) is 13.6. The fraction of sp³-hybridized carbons (Fsp3) is 0.703. The number of benzene rings is 1. The van der Waals surface area contributed by atoms with Crippen molar-refractivity contribution in [3.05, 3.63) is 59.7 Å². The van der Waals surface area contributed by atoms with Gasteiger partial charge >= 0.3 is 0 Å². The molecule has 44 heavy (non-hydrogen) atoms. The van der Waals surface area contributed by atoms with Crippen molar-refractivity contribution in [1.82, 2.24) is 4.90 Å². The van der Waals surface area contributed by atoms with E-state index in [-0.39, 0.29) is 53.8 Å². The summed E-state index contributed by atoms with van der Waals surface area (Å²) in [7, 11) is 0. The fourth-order valence-electron chi connectivity index (χ4n) is 11.3. The van der Waals surface area contributed by atoms with Crippen LogP contribution >= 0.6 is 0 Å². The first-order chi connectivity index (χ1) is 21.0. The largest absolute Gasteiger partial charge is 0.394 e. The number of carbonyl (C=O) groups is 1. The lowest BCUT2D eigenvalue weighted by molar-refractivity contribution is -0.177. The van der Waals surface area contributed by atoms with Gasteiger partial charge in [-0.3, -0.25) is 9.69 Å². The standard InChI is InChI=1S/C37H51NO6/c1-33-13-10-26(40)19-35(33)16-17-37(29(20-35)32(42)25-7-4-3-5-8-25)30(33)11-14-34(2)31(37)12-15-36(34,43)24-38(21-27(41)23-39)22-28-9-6-18-44-28/h3-5,7-8,16-17,20,26-28,30-31,39-41,43H,6,9-15,18-19,21-24H2,1-2H3. The number of ketones is 1. The van der Waals surface area contributed by atoms with Gasteiger partial charge < -0.3 is 25.2 Å². The van der Waals surface area contributed by atoms with Gasteiger partial charge in [-0.25, -0.2) is 0 Å². The predicted octanol–water partition coefficient (Wildman–Crippen LogP) is 4.29. The summed E-state index contributed by atoms with van der Waals surface area (Å²) in [6.07, 6.45) is 13.3. The van der Waals surface area contributed by atoms with Crippen LogP contribution in [-0.2, 0) is 4.74 Å². The van der Waals surface area contributed by atoms with Crippen molar-refractivity contribution in [2.75, 3.05) is 32.8 Å². The van der Waals surface area contributed by atoms with E-state index in [4.69, 9.17) is 4.74 Å². The Kier molecular flexibility index (Phi) is 7.59. The number of carbonyl (C=O) groups excluding carboxylic acids is 1. The van der Waals surface area contributed by atoms with Crippen LogP contribution in [0.4, 0.5) is 0 Å². The molecule has 8 rings (SSSR count). The van der Waals surface area contributed by atoms with E-state index >= 15 is 0 Å². The second kappa shape index (κ2) is 10.9. The van der Waals surface area contributed by atoms with Gasteiger partial charge in [-0.05, 0) is 75.0 Å². The van der Waals surface area contributed by atoms with Crippen LogP contribution in [0.3, 0.4) is 0 Å². The molecule has 6 aliphatic carbocycles. The van der Waals surface area contributed by atoms with E-state index in [1.54, 1.807) is 0 Å². The quantitative estimate of drug-likeness (QED) is 0.246. The van der Waals surface area contributed by atoms with Crippen LogP contribution in [0.25, 0.3) is 0 Å². The van der Waals surface area contributed by atoms with Crippen LogP contribution in [0.1, 0.15) is 82.0 Å². The van der Waals surface area contributed by atoms with Crippen molar-refractivity contribution < 1.29 is 30.0 Å². The molecule has 1 heterocycles. The zero-order chi connectivity index (χ0) is 31.0. The third kappa shape index (κ3) is 4.33. The molecule has 4 fully saturated rings. The third-order valence-corrected chi connectivity index (χ3v) is 13.6. The average Bonchev–Trinajstić information content (AvgIpc) is 3.62. The molecule has 240 valence electrons. The summed E-state index contributed by atoms with van der Waals surface area (Å²) in [5.41, 5.74) is -0.815. The van der Waals surface area contributed by atoms with Gasteiger partial charge in [0.1, 0.15) is 0 Å². The summed E-state index contributed by atoms with van der Waals surface area (Å²) in [4.78, 5) is 16.7. The van der Waals surface area contributed by atoms with E-state index in [0.29, 0.717) is 31.5 Å². The minimum absolute atomic E-state index is 0.0659. The second-order valence-corrected chi connectivity index (χ2v) is 15.7. The number of fused-ring (bicyclic) bond motifs is 1. The Balaban J connectivity index is 1.29. The number of rotatable bonds is 9. The van der Waals surface area contributed by atoms with Crippen LogP contribution < -0.4 is 0 Å². The first kappa shape index (κ1) is 30.8. The van der Waals surface area contributed by atoms with Crippen molar-refractivity contribution in [3.63, 3.8) is 0 Å². The highest BCUT2D eigenvalue weighted by Crippen LogP contribution is 2.78. The van der Waals surface area contributed by atoms with Gasteiger partial charge in [-0.15, -0.1) is 0 Å².